The lowest BCUT2D eigenvalue weighted by Gasteiger charge is -2.06. The van der Waals surface area contributed by atoms with E-state index >= 15 is 0 Å². The number of hydrogen-bond acceptors (Lipinski definition) is 3. The average Bonchev–Trinajstić information content (AvgIpc) is 2.36. The van der Waals surface area contributed by atoms with Gasteiger partial charge < -0.3 is 5.11 Å². The molecule has 1 aromatic carbocycles. The standard InChI is InChI=1S/C14H13FN2O2/c1-3-12-11(14(18)19)7-16-13(17-12)9-4-8(2)5-10(15)6-9/h4-7H,3H2,1-2H3,(H,18,19). The van der Waals surface area contributed by atoms with E-state index in [1.54, 1.807) is 13.0 Å². The van der Waals surface area contributed by atoms with Crippen LogP contribution in [0.2, 0.25) is 0 Å². The molecule has 4 nitrogen and oxygen atoms in total. The third kappa shape index (κ3) is 2.76. The molecule has 1 N–H and O–H groups in total. The summed E-state index contributed by atoms with van der Waals surface area (Å²) in [5.74, 6) is -1.08. The van der Waals surface area contributed by atoms with Gasteiger partial charge in [0.1, 0.15) is 5.82 Å². The maximum absolute atomic E-state index is 13.4. The Morgan fingerprint density at radius 3 is 2.68 bits per heavy atom. The monoisotopic (exact) mass is 260 g/mol. The molecular weight excluding hydrogens is 247 g/mol. The lowest BCUT2D eigenvalue weighted by Crippen LogP contribution is -2.06. The number of aromatic carboxylic acids is 1. The van der Waals surface area contributed by atoms with E-state index in [9.17, 15) is 9.18 Å². The van der Waals surface area contributed by atoms with E-state index < -0.39 is 5.97 Å². The van der Waals surface area contributed by atoms with Gasteiger partial charge in [-0.2, -0.15) is 0 Å². The van der Waals surface area contributed by atoms with E-state index in [2.05, 4.69) is 9.97 Å². The topological polar surface area (TPSA) is 63.1 Å². The van der Waals surface area contributed by atoms with E-state index in [1.165, 1.54) is 18.3 Å². The Labute approximate surface area is 110 Å². The van der Waals surface area contributed by atoms with Crippen molar-refractivity contribution in [3.8, 4) is 11.4 Å². The van der Waals surface area contributed by atoms with E-state index in [4.69, 9.17) is 5.11 Å². The zero-order valence-electron chi connectivity index (χ0n) is 10.6. The van der Waals surface area contributed by atoms with Crippen LogP contribution in [0.1, 0.15) is 28.5 Å². The summed E-state index contributed by atoms with van der Waals surface area (Å²) < 4.78 is 13.4. The van der Waals surface area contributed by atoms with Gasteiger partial charge in [-0.3, -0.25) is 0 Å². The van der Waals surface area contributed by atoms with Gasteiger partial charge in [-0.15, -0.1) is 0 Å². The molecule has 2 rings (SSSR count). The lowest BCUT2D eigenvalue weighted by molar-refractivity contribution is 0.0694. The van der Waals surface area contributed by atoms with Crippen LogP contribution in [0.4, 0.5) is 4.39 Å². The number of rotatable bonds is 3. The Morgan fingerprint density at radius 1 is 1.37 bits per heavy atom. The molecule has 0 aliphatic heterocycles. The Morgan fingerprint density at radius 2 is 2.11 bits per heavy atom. The van der Waals surface area contributed by atoms with Crippen LogP contribution in [0.3, 0.4) is 0 Å². The van der Waals surface area contributed by atoms with Crippen LogP contribution in [0, 0.1) is 12.7 Å². The summed E-state index contributed by atoms with van der Waals surface area (Å²) >= 11 is 0. The molecule has 2 aromatic rings. The lowest BCUT2D eigenvalue weighted by atomic mass is 10.1. The number of aryl methyl sites for hydroxylation is 2. The highest BCUT2D eigenvalue weighted by Gasteiger charge is 2.13. The minimum Gasteiger partial charge on any atom is -0.478 e. The fourth-order valence-electron chi connectivity index (χ4n) is 1.87. The predicted octanol–water partition coefficient (Wildman–Crippen LogP) is 2.85. The van der Waals surface area contributed by atoms with Crippen molar-refractivity contribution in [1.29, 1.82) is 0 Å². The SMILES string of the molecule is CCc1nc(-c2cc(C)cc(F)c2)ncc1C(=O)O. The van der Waals surface area contributed by atoms with Crippen molar-refractivity contribution in [3.63, 3.8) is 0 Å². The molecule has 0 amide bonds. The number of nitrogens with zero attached hydrogens (tertiary/aromatic N) is 2. The number of carbonyl (C=O) groups is 1. The molecule has 0 fully saturated rings. The summed E-state index contributed by atoms with van der Waals surface area (Å²) in [6.07, 6.45) is 1.75. The number of hydrogen-bond donors (Lipinski definition) is 1. The maximum Gasteiger partial charge on any atom is 0.339 e. The number of carboxylic acid groups (broad SMARTS) is 1. The van der Waals surface area contributed by atoms with E-state index in [0.29, 0.717) is 23.5 Å². The Bertz CT molecular complexity index is 621. The van der Waals surface area contributed by atoms with Gasteiger partial charge in [-0.25, -0.2) is 19.2 Å². The highest BCUT2D eigenvalue weighted by Crippen LogP contribution is 2.19. The first-order valence-electron chi connectivity index (χ1n) is 5.88. The van der Waals surface area contributed by atoms with Gasteiger partial charge in [0, 0.05) is 11.8 Å². The predicted molar refractivity (Wildman–Crippen MR) is 68.5 cm³/mol. The smallest absolute Gasteiger partial charge is 0.339 e. The highest BCUT2D eigenvalue weighted by atomic mass is 19.1. The van der Waals surface area contributed by atoms with Crippen LogP contribution >= 0.6 is 0 Å². The molecular formula is C14H13FN2O2. The van der Waals surface area contributed by atoms with Crippen LogP contribution in [0.15, 0.2) is 24.4 Å². The molecule has 98 valence electrons. The quantitative estimate of drug-likeness (QED) is 0.921. The summed E-state index contributed by atoms with van der Waals surface area (Å²) in [5, 5.41) is 9.01. The largest absolute Gasteiger partial charge is 0.478 e. The van der Waals surface area contributed by atoms with Crippen molar-refractivity contribution in [2.75, 3.05) is 0 Å². The minimum absolute atomic E-state index is 0.0828. The molecule has 0 spiro atoms. The summed E-state index contributed by atoms with van der Waals surface area (Å²) in [5.41, 5.74) is 1.84. The summed E-state index contributed by atoms with van der Waals surface area (Å²) in [7, 11) is 0. The summed E-state index contributed by atoms with van der Waals surface area (Å²) in [4.78, 5) is 19.2. The van der Waals surface area contributed by atoms with Crippen molar-refractivity contribution in [3.05, 3.63) is 47.0 Å². The zero-order chi connectivity index (χ0) is 14.0. The average molecular weight is 260 g/mol. The first kappa shape index (κ1) is 13.1. The van der Waals surface area contributed by atoms with Gasteiger partial charge in [0.15, 0.2) is 5.82 Å². The number of carboxylic acids is 1. The van der Waals surface area contributed by atoms with E-state index in [1.807, 2.05) is 6.92 Å². The molecule has 19 heavy (non-hydrogen) atoms. The Balaban J connectivity index is 2.54. The number of benzene rings is 1. The maximum atomic E-state index is 13.4. The van der Waals surface area contributed by atoms with Gasteiger partial charge in [0.25, 0.3) is 0 Å². The molecule has 0 aliphatic rings. The van der Waals surface area contributed by atoms with Crippen molar-refractivity contribution in [2.45, 2.75) is 20.3 Å². The van der Waals surface area contributed by atoms with Crippen molar-refractivity contribution >= 4 is 5.97 Å². The molecule has 0 atom stereocenters. The van der Waals surface area contributed by atoms with Gasteiger partial charge in [-0.05, 0) is 37.1 Å². The number of halogens is 1. The minimum atomic E-state index is -1.06. The fraction of sp³-hybridized carbons (Fsp3) is 0.214. The van der Waals surface area contributed by atoms with E-state index in [-0.39, 0.29) is 11.4 Å². The van der Waals surface area contributed by atoms with Gasteiger partial charge >= 0.3 is 5.97 Å². The second-order valence-corrected chi connectivity index (χ2v) is 4.23. The molecule has 0 saturated heterocycles. The van der Waals surface area contributed by atoms with Crippen molar-refractivity contribution in [1.82, 2.24) is 9.97 Å². The van der Waals surface area contributed by atoms with Crippen LogP contribution < -0.4 is 0 Å². The molecule has 1 heterocycles. The molecule has 0 unspecified atom stereocenters. The van der Waals surface area contributed by atoms with Crippen LogP contribution in [-0.2, 0) is 6.42 Å². The fourth-order valence-corrected chi connectivity index (χ4v) is 1.87. The number of aromatic nitrogens is 2. The second kappa shape index (κ2) is 5.14. The molecule has 0 radical (unpaired) electrons. The van der Waals surface area contributed by atoms with Gasteiger partial charge in [-0.1, -0.05) is 6.92 Å². The van der Waals surface area contributed by atoms with Crippen molar-refractivity contribution < 1.29 is 14.3 Å². The van der Waals surface area contributed by atoms with Crippen LogP contribution in [0.5, 0.6) is 0 Å². The Kier molecular flexibility index (Phi) is 3.55. The first-order valence-corrected chi connectivity index (χ1v) is 5.88. The second-order valence-electron chi connectivity index (χ2n) is 4.23. The van der Waals surface area contributed by atoms with Gasteiger partial charge in [0.2, 0.25) is 0 Å². The first-order chi connectivity index (χ1) is 9.01. The van der Waals surface area contributed by atoms with Crippen molar-refractivity contribution in [2.24, 2.45) is 0 Å². The third-order valence-electron chi connectivity index (χ3n) is 2.73. The normalized spacial score (nSPS) is 10.5. The van der Waals surface area contributed by atoms with Gasteiger partial charge in [0.05, 0.1) is 11.3 Å². The molecule has 5 heteroatoms. The highest BCUT2D eigenvalue weighted by molar-refractivity contribution is 5.88. The van der Waals surface area contributed by atoms with Crippen LogP contribution in [0.25, 0.3) is 11.4 Å². The zero-order valence-corrected chi connectivity index (χ0v) is 10.6. The summed E-state index contributed by atoms with van der Waals surface area (Å²) in [6, 6.07) is 4.51. The van der Waals surface area contributed by atoms with E-state index in [0.717, 1.165) is 5.56 Å². The third-order valence-corrected chi connectivity index (χ3v) is 2.73. The molecule has 0 aliphatic carbocycles. The Hall–Kier alpha value is -2.30. The summed E-state index contributed by atoms with van der Waals surface area (Å²) in [6.45, 7) is 3.59. The molecule has 0 bridgehead atoms. The molecule has 0 saturated carbocycles. The van der Waals surface area contributed by atoms with Crippen LogP contribution in [-0.4, -0.2) is 21.0 Å². The molecule has 1 aromatic heterocycles.